The van der Waals surface area contributed by atoms with Crippen molar-refractivity contribution in [2.24, 2.45) is 10.7 Å². The van der Waals surface area contributed by atoms with Gasteiger partial charge in [-0.3, -0.25) is 10.1 Å². The summed E-state index contributed by atoms with van der Waals surface area (Å²) >= 11 is 0. The summed E-state index contributed by atoms with van der Waals surface area (Å²) in [7, 11) is 0. The number of benzene rings is 3. The highest BCUT2D eigenvalue weighted by atomic mass is 16.3. The number of rotatable bonds is 10. The van der Waals surface area contributed by atoms with Crippen LogP contribution in [0.15, 0.2) is 89.9 Å². The highest BCUT2D eigenvalue weighted by molar-refractivity contribution is 5.95. The summed E-state index contributed by atoms with van der Waals surface area (Å²) in [5.74, 6) is -0.360. The van der Waals surface area contributed by atoms with Crippen molar-refractivity contribution >= 4 is 17.9 Å². The predicted octanol–water partition coefficient (Wildman–Crippen LogP) is 2.82. The number of carbonyl (C=O) groups excluding carboxylic acids is 2. The van der Waals surface area contributed by atoms with E-state index in [4.69, 9.17) is 5.73 Å². The summed E-state index contributed by atoms with van der Waals surface area (Å²) in [6, 6.07) is 26.9. The summed E-state index contributed by atoms with van der Waals surface area (Å²) in [6.45, 7) is 2.33. The molecule has 0 saturated heterocycles. The van der Waals surface area contributed by atoms with Crippen LogP contribution in [0.2, 0.25) is 0 Å². The third kappa shape index (κ3) is 8.88. The Bertz CT molecular complexity index is 1150. The fourth-order valence-electron chi connectivity index (χ4n) is 3.66. The van der Waals surface area contributed by atoms with E-state index in [2.05, 4.69) is 20.9 Å². The van der Waals surface area contributed by atoms with Crippen LogP contribution in [0.4, 0.5) is 4.79 Å². The van der Waals surface area contributed by atoms with Crippen LogP contribution in [-0.2, 0) is 24.3 Å². The molecule has 8 nitrogen and oxygen atoms in total. The first-order chi connectivity index (χ1) is 17.4. The topological polar surface area (TPSA) is 129 Å². The van der Waals surface area contributed by atoms with E-state index in [0.29, 0.717) is 13.0 Å². The molecule has 0 bridgehead atoms. The van der Waals surface area contributed by atoms with Gasteiger partial charge in [-0.2, -0.15) is 0 Å². The highest BCUT2D eigenvalue weighted by Gasteiger charge is 2.20. The number of nitrogens with zero attached hydrogens (tertiary/aromatic N) is 1. The predicted molar refractivity (Wildman–Crippen MR) is 141 cm³/mol. The van der Waals surface area contributed by atoms with Gasteiger partial charge in [-0.05, 0) is 35.6 Å². The maximum Gasteiger partial charge on any atom is 0.321 e. The number of urea groups is 1. The molecule has 36 heavy (non-hydrogen) atoms. The Labute approximate surface area is 211 Å². The Morgan fingerprint density at radius 3 is 2.22 bits per heavy atom. The number of aliphatic hydroxyl groups is 1. The summed E-state index contributed by atoms with van der Waals surface area (Å²) < 4.78 is 0. The van der Waals surface area contributed by atoms with Gasteiger partial charge >= 0.3 is 6.03 Å². The van der Waals surface area contributed by atoms with E-state index >= 15 is 0 Å². The highest BCUT2D eigenvalue weighted by Crippen LogP contribution is 2.21. The number of hydrogen-bond donors (Lipinski definition) is 5. The SMILES string of the molecule is CC(O)CNC(=O)NC(N)=NCc1cccc(CNC(=O)C(Cc2ccccc2)c2ccccc2)c1. The van der Waals surface area contributed by atoms with Gasteiger partial charge in [0.05, 0.1) is 18.6 Å². The number of guanidine groups is 1. The fraction of sp³-hybridized carbons (Fsp3) is 0.250. The molecule has 3 aromatic carbocycles. The van der Waals surface area contributed by atoms with E-state index in [1.807, 2.05) is 84.9 Å². The molecule has 0 spiro atoms. The van der Waals surface area contributed by atoms with Crippen molar-refractivity contribution < 1.29 is 14.7 Å². The summed E-state index contributed by atoms with van der Waals surface area (Å²) in [5, 5.41) is 17.2. The second-order valence-corrected chi connectivity index (χ2v) is 8.58. The van der Waals surface area contributed by atoms with Gasteiger partial charge in [0.2, 0.25) is 5.91 Å². The molecule has 2 atom stereocenters. The first-order valence-corrected chi connectivity index (χ1v) is 11.9. The van der Waals surface area contributed by atoms with E-state index in [9.17, 15) is 14.7 Å². The minimum Gasteiger partial charge on any atom is -0.392 e. The van der Waals surface area contributed by atoms with Gasteiger partial charge in [-0.25, -0.2) is 9.79 Å². The van der Waals surface area contributed by atoms with Crippen molar-refractivity contribution in [3.63, 3.8) is 0 Å². The molecule has 188 valence electrons. The van der Waals surface area contributed by atoms with Gasteiger partial charge in [0.1, 0.15) is 0 Å². The Balaban J connectivity index is 1.59. The van der Waals surface area contributed by atoms with Crippen molar-refractivity contribution in [1.82, 2.24) is 16.0 Å². The molecule has 0 aliphatic heterocycles. The standard InChI is InChI=1S/C28H33N5O3/c1-20(34)17-32-28(36)33-27(29)31-19-23-12-8-11-22(15-23)18-30-26(35)25(24-13-6-3-7-14-24)16-21-9-4-2-5-10-21/h2-15,20,25,34H,16-19H2,1H3,(H,30,35)(H4,29,31,32,33,36). The maximum absolute atomic E-state index is 13.2. The maximum atomic E-state index is 13.2. The minimum atomic E-state index is -0.654. The zero-order chi connectivity index (χ0) is 25.8. The largest absolute Gasteiger partial charge is 0.392 e. The molecule has 0 radical (unpaired) electrons. The van der Waals surface area contributed by atoms with Crippen LogP contribution in [0.1, 0.15) is 35.1 Å². The lowest BCUT2D eigenvalue weighted by Gasteiger charge is -2.18. The van der Waals surface area contributed by atoms with E-state index in [-0.39, 0.29) is 30.9 Å². The molecular formula is C28H33N5O3. The van der Waals surface area contributed by atoms with Gasteiger partial charge in [-0.15, -0.1) is 0 Å². The van der Waals surface area contributed by atoms with Crippen LogP contribution in [0.25, 0.3) is 0 Å². The number of nitrogens with two attached hydrogens (primary N) is 1. The second-order valence-electron chi connectivity index (χ2n) is 8.58. The molecule has 3 amide bonds. The van der Waals surface area contributed by atoms with Crippen molar-refractivity contribution in [3.8, 4) is 0 Å². The summed E-state index contributed by atoms with van der Waals surface area (Å²) in [5.41, 5.74) is 9.68. The van der Waals surface area contributed by atoms with Crippen LogP contribution in [0.5, 0.6) is 0 Å². The average molecular weight is 488 g/mol. The molecule has 6 N–H and O–H groups in total. The molecule has 2 unspecified atom stereocenters. The second kappa shape index (κ2) is 13.7. The zero-order valence-electron chi connectivity index (χ0n) is 20.4. The molecule has 3 rings (SSSR count). The van der Waals surface area contributed by atoms with Crippen molar-refractivity contribution in [1.29, 1.82) is 0 Å². The van der Waals surface area contributed by atoms with Crippen LogP contribution in [0, 0.1) is 0 Å². The zero-order valence-corrected chi connectivity index (χ0v) is 20.4. The molecule has 3 aromatic rings. The molecule has 0 aliphatic rings. The molecule has 0 aromatic heterocycles. The molecule has 0 fully saturated rings. The van der Waals surface area contributed by atoms with Gasteiger partial charge < -0.3 is 21.5 Å². The van der Waals surface area contributed by atoms with E-state index < -0.39 is 12.1 Å². The van der Waals surface area contributed by atoms with Crippen molar-refractivity contribution in [2.45, 2.75) is 38.5 Å². The number of nitrogens with one attached hydrogen (secondary N) is 3. The third-order valence-corrected chi connectivity index (χ3v) is 5.49. The number of aliphatic imine (C=N–C) groups is 1. The number of hydrogen-bond acceptors (Lipinski definition) is 4. The first kappa shape index (κ1) is 26.4. The van der Waals surface area contributed by atoms with Crippen LogP contribution in [-0.4, -0.2) is 35.7 Å². The Morgan fingerprint density at radius 1 is 0.889 bits per heavy atom. The van der Waals surface area contributed by atoms with Crippen molar-refractivity contribution in [3.05, 3.63) is 107 Å². The minimum absolute atomic E-state index is 0.0246. The number of amides is 3. The Morgan fingerprint density at radius 2 is 1.53 bits per heavy atom. The van der Waals surface area contributed by atoms with Crippen LogP contribution in [0.3, 0.4) is 0 Å². The Kier molecular flexibility index (Phi) is 10.0. The quantitative estimate of drug-likeness (QED) is 0.222. The molecule has 8 heteroatoms. The number of carbonyl (C=O) groups is 2. The van der Waals surface area contributed by atoms with Crippen LogP contribution >= 0.6 is 0 Å². The van der Waals surface area contributed by atoms with Gasteiger partial charge in [0.15, 0.2) is 5.96 Å². The lowest BCUT2D eigenvalue weighted by atomic mass is 9.91. The summed E-state index contributed by atoms with van der Waals surface area (Å²) in [4.78, 5) is 29.1. The van der Waals surface area contributed by atoms with Crippen molar-refractivity contribution in [2.75, 3.05) is 6.54 Å². The Hall–Kier alpha value is -4.17. The van der Waals surface area contributed by atoms with E-state index in [0.717, 1.165) is 22.3 Å². The van der Waals surface area contributed by atoms with E-state index in [1.165, 1.54) is 0 Å². The lowest BCUT2D eigenvalue weighted by Crippen LogP contribution is -2.45. The van der Waals surface area contributed by atoms with Gasteiger partial charge in [-0.1, -0.05) is 84.9 Å². The van der Waals surface area contributed by atoms with Gasteiger partial charge in [0.25, 0.3) is 0 Å². The molecule has 0 heterocycles. The summed E-state index contributed by atoms with van der Waals surface area (Å²) in [6.07, 6.45) is -0.0406. The van der Waals surface area contributed by atoms with Gasteiger partial charge in [0, 0.05) is 13.1 Å². The fourth-order valence-corrected chi connectivity index (χ4v) is 3.66. The monoisotopic (exact) mass is 487 g/mol. The smallest absolute Gasteiger partial charge is 0.321 e. The van der Waals surface area contributed by atoms with E-state index in [1.54, 1.807) is 6.92 Å². The first-order valence-electron chi connectivity index (χ1n) is 11.9. The van der Waals surface area contributed by atoms with Crippen LogP contribution < -0.4 is 21.7 Å². The molecular weight excluding hydrogens is 454 g/mol. The molecule has 0 saturated carbocycles. The number of aliphatic hydroxyl groups excluding tert-OH is 1. The lowest BCUT2D eigenvalue weighted by molar-refractivity contribution is -0.122. The normalized spacial score (nSPS) is 12.9. The third-order valence-electron chi connectivity index (χ3n) is 5.49. The average Bonchev–Trinajstić information content (AvgIpc) is 2.89. The molecule has 0 aliphatic carbocycles.